The highest BCUT2D eigenvalue weighted by molar-refractivity contribution is 6.17. The van der Waals surface area contributed by atoms with Crippen LogP contribution in [0.15, 0.2) is 30.3 Å². The van der Waals surface area contributed by atoms with E-state index in [1.54, 1.807) is 0 Å². The van der Waals surface area contributed by atoms with Gasteiger partial charge in [0.1, 0.15) is 5.60 Å². The molecule has 5 nitrogen and oxygen atoms in total. The molecule has 0 radical (unpaired) electrons. The first kappa shape index (κ1) is 25.7. The normalized spacial score (nSPS) is 14.3. The highest BCUT2D eigenvalue weighted by Gasteiger charge is 2.25. The van der Waals surface area contributed by atoms with Gasteiger partial charge in [-0.15, -0.1) is 11.6 Å². The van der Waals surface area contributed by atoms with E-state index < -0.39 is 23.8 Å². The number of ether oxygens (including phenoxy) is 1. The Labute approximate surface area is 181 Å². The van der Waals surface area contributed by atoms with Gasteiger partial charge < -0.3 is 20.5 Å². The number of unbranched alkanes of at least 4 members (excludes halogenated alkanes) is 1. The van der Waals surface area contributed by atoms with Crippen LogP contribution in [0.25, 0.3) is 0 Å². The summed E-state index contributed by atoms with van der Waals surface area (Å²) in [6.07, 6.45) is 2.47. The lowest BCUT2D eigenvalue weighted by atomic mass is 9.87. The molecule has 0 bridgehead atoms. The third-order valence-electron chi connectivity index (χ3n) is 4.66. The monoisotopic (exact) mass is 426 g/mol. The van der Waals surface area contributed by atoms with Gasteiger partial charge in [0.2, 0.25) is 0 Å². The molecular formula is C23H39ClN2O3. The largest absolute Gasteiger partial charge is 0.444 e. The van der Waals surface area contributed by atoms with Crippen LogP contribution < -0.4 is 10.6 Å². The van der Waals surface area contributed by atoms with E-state index in [0.29, 0.717) is 18.8 Å². The standard InChI is InChI=1S/C23H39ClN2O3/c1-22(2,3)29-21(28)26-19(15-18-11-7-6-8-12-18)20(27)16-25-17-23(4,5)13-9-10-14-24/h6-8,11-12,19-20,25,27H,9-10,13-17H2,1-5H3,(H,26,28)/t19-,20+/m0/s1. The van der Waals surface area contributed by atoms with E-state index in [4.69, 9.17) is 16.3 Å². The van der Waals surface area contributed by atoms with E-state index in [0.717, 1.165) is 31.4 Å². The van der Waals surface area contributed by atoms with Gasteiger partial charge in [-0.25, -0.2) is 4.79 Å². The molecule has 0 aromatic heterocycles. The van der Waals surface area contributed by atoms with Crippen LogP contribution in [-0.2, 0) is 11.2 Å². The quantitative estimate of drug-likeness (QED) is 0.339. The number of aliphatic hydroxyl groups is 1. The minimum atomic E-state index is -0.735. The summed E-state index contributed by atoms with van der Waals surface area (Å²) >= 11 is 5.77. The first-order valence-corrected chi connectivity index (χ1v) is 11.0. The summed E-state index contributed by atoms with van der Waals surface area (Å²) in [5.74, 6) is 0.694. The number of nitrogens with one attached hydrogen (secondary N) is 2. The van der Waals surface area contributed by atoms with Gasteiger partial charge in [-0.3, -0.25) is 0 Å². The Balaban J connectivity index is 2.64. The molecule has 1 aromatic rings. The molecule has 166 valence electrons. The average Bonchev–Trinajstić information content (AvgIpc) is 2.60. The highest BCUT2D eigenvalue weighted by atomic mass is 35.5. The second-order valence-corrected chi connectivity index (χ2v) is 9.83. The number of alkyl carbamates (subject to hydrolysis) is 1. The molecule has 1 rings (SSSR count). The van der Waals surface area contributed by atoms with E-state index in [1.165, 1.54) is 0 Å². The summed E-state index contributed by atoms with van der Waals surface area (Å²) in [5, 5.41) is 17.0. The summed E-state index contributed by atoms with van der Waals surface area (Å²) in [4.78, 5) is 12.3. The highest BCUT2D eigenvalue weighted by Crippen LogP contribution is 2.22. The summed E-state index contributed by atoms with van der Waals surface area (Å²) in [7, 11) is 0. The molecule has 6 heteroatoms. The second kappa shape index (κ2) is 12.4. The molecule has 0 saturated heterocycles. The number of aliphatic hydroxyl groups excluding tert-OH is 1. The van der Waals surface area contributed by atoms with Crippen molar-refractivity contribution in [2.45, 2.75) is 78.0 Å². The van der Waals surface area contributed by atoms with Crippen molar-refractivity contribution < 1.29 is 14.6 Å². The van der Waals surface area contributed by atoms with Gasteiger partial charge in [-0.05, 0) is 51.0 Å². The van der Waals surface area contributed by atoms with Gasteiger partial charge in [0.25, 0.3) is 0 Å². The summed E-state index contributed by atoms with van der Waals surface area (Å²) in [6.45, 7) is 11.1. The summed E-state index contributed by atoms with van der Waals surface area (Å²) in [5.41, 5.74) is 0.589. The molecular weight excluding hydrogens is 388 g/mol. The van der Waals surface area contributed by atoms with Crippen LogP contribution in [0.4, 0.5) is 4.79 Å². The Morgan fingerprint density at radius 3 is 2.38 bits per heavy atom. The van der Waals surface area contributed by atoms with Crippen molar-refractivity contribution in [3.63, 3.8) is 0 Å². The van der Waals surface area contributed by atoms with Crippen molar-refractivity contribution >= 4 is 17.7 Å². The molecule has 29 heavy (non-hydrogen) atoms. The maximum Gasteiger partial charge on any atom is 0.407 e. The van der Waals surface area contributed by atoms with Crippen LogP contribution in [0.3, 0.4) is 0 Å². The Morgan fingerprint density at radius 1 is 1.14 bits per heavy atom. The maximum absolute atomic E-state index is 12.3. The van der Waals surface area contributed by atoms with Crippen molar-refractivity contribution in [1.82, 2.24) is 10.6 Å². The molecule has 0 fully saturated rings. The number of carbonyl (C=O) groups excluding carboxylic acids is 1. The predicted octanol–water partition coefficient (Wildman–Crippen LogP) is 4.51. The zero-order chi connectivity index (χ0) is 21.9. The number of rotatable bonds is 12. The van der Waals surface area contributed by atoms with Crippen LogP contribution in [0.5, 0.6) is 0 Å². The molecule has 0 saturated carbocycles. The number of hydrogen-bond donors (Lipinski definition) is 3. The molecule has 3 N–H and O–H groups in total. The van der Waals surface area contributed by atoms with E-state index in [2.05, 4.69) is 24.5 Å². The lowest BCUT2D eigenvalue weighted by Gasteiger charge is -2.29. The number of benzene rings is 1. The molecule has 0 aliphatic rings. The van der Waals surface area contributed by atoms with Crippen LogP contribution in [-0.4, -0.2) is 47.9 Å². The molecule has 0 aliphatic heterocycles. The number of alkyl halides is 1. The van der Waals surface area contributed by atoms with Crippen molar-refractivity contribution in [1.29, 1.82) is 0 Å². The van der Waals surface area contributed by atoms with E-state index in [9.17, 15) is 9.90 Å². The Hall–Kier alpha value is -1.30. The molecule has 1 aromatic carbocycles. The van der Waals surface area contributed by atoms with Crippen LogP contribution >= 0.6 is 11.6 Å². The van der Waals surface area contributed by atoms with E-state index in [-0.39, 0.29) is 5.41 Å². The van der Waals surface area contributed by atoms with E-state index >= 15 is 0 Å². The van der Waals surface area contributed by atoms with Crippen LogP contribution in [0.2, 0.25) is 0 Å². The molecule has 0 aliphatic carbocycles. The maximum atomic E-state index is 12.3. The molecule has 0 spiro atoms. The topological polar surface area (TPSA) is 70.6 Å². The molecule has 0 unspecified atom stereocenters. The number of amides is 1. The first-order chi connectivity index (χ1) is 13.5. The van der Waals surface area contributed by atoms with Gasteiger partial charge in [0.15, 0.2) is 0 Å². The van der Waals surface area contributed by atoms with Crippen LogP contribution in [0.1, 0.15) is 59.4 Å². The van der Waals surface area contributed by atoms with Crippen molar-refractivity contribution in [3.05, 3.63) is 35.9 Å². The lowest BCUT2D eigenvalue weighted by molar-refractivity contribution is 0.0420. The third-order valence-corrected chi connectivity index (χ3v) is 4.93. The van der Waals surface area contributed by atoms with E-state index in [1.807, 2.05) is 51.1 Å². The average molecular weight is 427 g/mol. The fourth-order valence-corrected chi connectivity index (χ4v) is 3.29. The fraction of sp³-hybridized carbons (Fsp3) is 0.696. The third kappa shape index (κ3) is 12.1. The SMILES string of the molecule is CC(C)(CCCCCl)CNC[C@@H](O)[C@H](Cc1ccccc1)NC(=O)OC(C)(C)C. The minimum Gasteiger partial charge on any atom is -0.444 e. The van der Waals surface area contributed by atoms with Crippen molar-refractivity contribution in [2.75, 3.05) is 19.0 Å². The lowest BCUT2D eigenvalue weighted by Crippen LogP contribution is -2.50. The fourth-order valence-electron chi connectivity index (χ4n) is 3.10. The first-order valence-electron chi connectivity index (χ1n) is 10.5. The number of carbonyl (C=O) groups is 1. The summed E-state index contributed by atoms with van der Waals surface area (Å²) in [6, 6.07) is 9.39. The second-order valence-electron chi connectivity index (χ2n) is 9.45. The van der Waals surface area contributed by atoms with Gasteiger partial charge >= 0.3 is 6.09 Å². The predicted molar refractivity (Wildman–Crippen MR) is 121 cm³/mol. The van der Waals surface area contributed by atoms with Gasteiger partial charge in [-0.2, -0.15) is 0 Å². The Kier molecular flexibility index (Phi) is 11.0. The molecule has 1 amide bonds. The van der Waals surface area contributed by atoms with Gasteiger partial charge in [0, 0.05) is 19.0 Å². The van der Waals surface area contributed by atoms with Crippen molar-refractivity contribution in [2.24, 2.45) is 5.41 Å². The molecule has 2 atom stereocenters. The zero-order valence-corrected chi connectivity index (χ0v) is 19.4. The Bertz CT molecular complexity index is 588. The Morgan fingerprint density at radius 2 is 1.79 bits per heavy atom. The van der Waals surface area contributed by atoms with Gasteiger partial charge in [0.05, 0.1) is 12.1 Å². The number of hydrogen-bond acceptors (Lipinski definition) is 4. The minimum absolute atomic E-state index is 0.124. The van der Waals surface area contributed by atoms with Gasteiger partial charge in [-0.1, -0.05) is 50.6 Å². The summed E-state index contributed by atoms with van der Waals surface area (Å²) < 4.78 is 5.38. The smallest absolute Gasteiger partial charge is 0.407 e. The zero-order valence-electron chi connectivity index (χ0n) is 18.6. The van der Waals surface area contributed by atoms with Crippen LogP contribution in [0, 0.1) is 5.41 Å². The number of halogens is 1. The van der Waals surface area contributed by atoms with Crippen molar-refractivity contribution in [3.8, 4) is 0 Å². The molecule has 0 heterocycles.